The molecule has 4 heteroatoms. The second-order valence-electron chi connectivity index (χ2n) is 14.1. The van der Waals surface area contributed by atoms with E-state index >= 15 is 0 Å². The van der Waals surface area contributed by atoms with Gasteiger partial charge in [-0.15, -0.1) is 22.7 Å². The summed E-state index contributed by atoms with van der Waals surface area (Å²) in [6, 6.07) is 66.0. The van der Waals surface area contributed by atoms with Crippen LogP contribution in [0, 0.1) is 0 Å². The van der Waals surface area contributed by atoms with Crippen LogP contribution in [0.4, 0.5) is 0 Å². The van der Waals surface area contributed by atoms with E-state index < -0.39 is 0 Å². The summed E-state index contributed by atoms with van der Waals surface area (Å²) in [4.78, 5) is 9.35. The molecule has 4 heterocycles. The lowest BCUT2D eigenvalue weighted by Gasteiger charge is -2.12. The van der Waals surface area contributed by atoms with Crippen LogP contribution in [0.3, 0.4) is 0 Å². The average Bonchev–Trinajstić information content (AvgIpc) is 3.84. The van der Waals surface area contributed by atoms with E-state index in [1.165, 1.54) is 84.9 Å². The summed E-state index contributed by atoms with van der Waals surface area (Å²) >= 11 is 3.72. The van der Waals surface area contributed by atoms with Crippen LogP contribution < -0.4 is 0 Å². The Balaban J connectivity index is 1.01. The summed E-state index contributed by atoms with van der Waals surface area (Å²) in [6.07, 6.45) is 3.73. The van der Waals surface area contributed by atoms with Crippen molar-refractivity contribution in [3.8, 4) is 67.0 Å². The molecule has 11 aromatic rings. The number of pyridine rings is 2. The van der Waals surface area contributed by atoms with Gasteiger partial charge in [0.05, 0.1) is 11.4 Å². The maximum absolute atomic E-state index is 4.67. The third-order valence-electron chi connectivity index (χ3n) is 10.8. The van der Waals surface area contributed by atoms with Crippen molar-refractivity contribution in [3.05, 3.63) is 194 Å². The number of thiophene rings is 2. The highest BCUT2D eigenvalue weighted by Gasteiger charge is 2.16. The molecule has 0 atom stereocenters. The van der Waals surface area contributed by atoms with Gasteiger partial charge in [0.15, 0.2) is 0 Å². The van der Waals surface area contributed by atoms with E-state index in [0.29, 0.717) is 0 Å². The van der Waals surface area contributed by atoms with Gasteiger partial charge >= 0.3 is 0 Å². The maximum atomic E-state index is 4.67. The molecule has 0 aliphatic heterocycles. The Labute approximate surface area is 332 Å². The molecule has 0 saturated heterocycles. The molecule has 7 aromatic carbocycles. The lowest BCUT2D eigenvalue weighted by Crippen LogP contribution is -1.87. The molecule has 0 radical (unpaired) electrons. The van der Waals surface area contributed by atoms with Gasteiger partial charge in [-0.2, -0.15) is 0 Å². The van der Waals surface area contributed by atoms with Gasteiger partial charge in [0, 0.05) is 63.9 Å². The minimum absolute atomic E-state index is 0.984. The average molecular weight is 749 g/mol. The van der Waals surface area contributed by atoms with Crippen LogP contribution in [0.2, 0.25) is 0 Å². The molecule has 0 aliphatic rings. The van der Waals surface area contributed by atoms with Crippen LogP contribution in [0.5, 0.6) is 0 Å². The molecule has 4 aromatic heterocycles. The fourth-order valence-electron chi connectivity index (χ4n) is 8.17. The molecule has 56 heavy (non-hydrogen) atoms. The molecule has 0 aliphatic carbocycles. The topological polar surface area (TPSA) is 25.8 Å². The van der Waals surface area contributed by atoms with Crippen LogP contribution in [-0.4, -0.2) is 9.97 Å². The molecule has 0 spiro atoms. The first-order chi connectivity index (χ1) is 27.7. The highest BCUT2D eigenvalue weighted by atomic mass is 32.1. The van der Waals surface area contributed by atoms with Crippen LogP contribution >= 0.6 is 22.7 Å². The Hall–Kier alpha value is -6.72. The SMILES string of the molecule is c1ccc(-c2ccccc2-c2ccc3sc4ccc(-c5ccccc5-c5ccc6sc7ccc(-c8ccccc8-c8ccccn8)cc7c6c5)cc4c3c2)nc1. The zero-order chi connectivity index (χ0) is 37.0. The molecule has 2 nitrogen and oxygen atoms in total. The second-order valence-corrected chi connectivity index (χ2v) is 16.3. The molecule has 0 bridgehead atoms. The molecule has 0 fully saturated rings. The molecule has 11 rings (SSSR count). The summed E-state index contributed by atoms with van der Waals surface area (Å²) in [5.41, 5.74) is 13.9. The van der Waals surface area contributed by atoms with Gasteiger partial charge in [-0.1, -0.05) is 109 Å². The third kappa shape index (κ3) is 5.62. The van der Waals surface area contributed by atoms with Crippen molar-refractivity contribution in [1.29, 1.82) is 0 Å². The van der Waals surface area contributed by atoms with Gasteiger partial charge in [0.2, 0.25) is 0 Å². The van der Waals surface area contributed by atoms with Gasteiger partial charge in [0.25, 0.3) is 0 Å². The zero-order valence-electron chi connectivity index (χ0n) is 30.2. The van der Waals surface area contributed by atoms with Crippen molar-refractivity contribution in [1.82, 2.24) is 9.97 Å². The molecular weight excluding hydrogens is 717 g/mol. The summed E-state index contributed by atoms with van der Waals surface area (Å²) in [5.74, 6) is 0. The summed E-state index contributed by atoms with van der Waals surface area (Å²) < 4.78 is 5.17. The van der Waals surface area contributed by atoms with Gasteiger partial charge in [-0.05, 0) is 117 Å². The summed E-state index contributed by atoms with van der Waals surface area (Å²) in [7, 11) is 0. The quantitative estimate of drug-likeness (QED) is 0.169. The largest absolute Gasteiger partial charge is 0.256 e. The molecular formula is C52H32N2S2. The smallest absolute Gasteiger partial charge is 0.0708 e. The van der Waals surface area contributed by atoms with Crippen molar-refractivity contribution >= 4 is 63.0 Å². The summed E-state index contributed by atoms with van der Waals surface area (Å²) in [5, 5.41) is 5.13. The Morgan fingerprint density at radius 2 is 0.554 bits per heavy atom. The predicted octanol–water partition coefficient (Wildman–Crippen LogP) is 15.2. The monoisotopic (exact) mass is 748 g/mol. The number of rotatable bonds is 6. The molecule has 0 saturated carbocycles. The predicted molar refractivity (Wildman–Crippen MR) is 240 cm³/mol. The zero-order valence-corrected chi connectivity index (χ0v) is 31.8. The van der Waals surface area contributed by atoms with Gasteiger partial charge in [0.1, 0.15) is 0 Å². The van der Waals surface area contributed by atoms with E-state index in [1.807, 2.05) is 47.2 Å². The van der Waals surface area contributed by atoms with Crippen molar-refractivity contribution < 1.29 is 0 Å². The van der Waals surface area contributed by atoms with E-state index in [2.05, 4.69) is 180 Å². The van der Waals surface area contributed by atoms with Crippen LogP contribution in [0.15, 0.2) is 194 Å². The van der Waals surface area contributed by atoms with E-state index in [9.17, 15) is 0 Å². The fraction of sp³-hybridized carbons (Fsp3) is 0. The molecule has 262 valence electrons. The van der Waals surface area contributed by atoms with Gasteiger partial charge < -0.3 is 0 Å². The van der Waals surface area contributed by atoms with E-state index in [-0.39, 0.29) is 0 Å². The van der Waals surface area contributed by atoms with E-state index in [4.69, 9.17) is 0 Å². The third-order valence-corrected chi connectivity index (χ3v) is 13.1. The highest BCUT2D eigenvalue weighted by molar-refractivity contribution is 7.26. The summed E-state index contributed by atoms with van der Waals surface area (Å²) in [6.45, 7) is 0. The lowest BCUT2D eigenvalue weighted by atomic mass is 9.92. The number of hydrogen-bond acceptors (Lipinski definition) is 4. The lowest BCUT2D eigenvalue weighted by molar-refractivity contribution is 1.33. The van der Waals surface area contributed by atoms with Crippen LogP contribution in [-0.2, 0) is 0 Å². The first-order valence-electron chi connectivity index (χ1n) is 18.8. The minimum Gasteiger partial charge on any atom is -0.256 e. The van der Waals surface area contributed by atoms with Crippen LogP contribution in [0.1, 0.15) is 0 Å². The van der Waals surface area contributed by atoms with Crippen molar-refractivity contribution in [2.45, 2.75) is 0 Å². The van der Waals surface area contributed by atoms with E-state index in [0.717, 1.165) is 22.5 Å². The van der Waals surface area contributed by atoms with Crippen molar-refractivity contribution in [2.24, 2.45) is 0 Å². The van der Waals surface area contributed by atoms with Gasteiger partial charge in [-0.3, -0.25) is 9.97 Å². The number of benzene rings is 7. The first-order valence-corrected chi connectivity index (χ1v) is 20.4. The van der Waals surface area contributed by atoms with Crippen LogP contribution in [0.25, 0.3) is 107 Å². The standard InChI is InChI=1S/C52H32N2S2/c1-2-12-38(34-20-24-50-44(30-34)46-32-36(22-26-52(46)56-50)40-14-4-6-16-42(40)48-18-8-10-28-54-48)37(11-1)33-19-23-49-43(29-33)45-31-35(21-25-51(45)55-49)39-13-3-5-15-41(39)47-17-7-9-27-53-47/h1-32H. The van der Waals surface area contributed by atoms with Gasteiger partial charge in [-0.25, -0.2) is 0 Å². The van der Waals surface area contributed by atoms with E-state index in [1.54, 1.807) is 0 Å². The number of nitrogens with zero attached hydrogens (tertiary/aromatic N) is 2. The number of fused-ring (bicyclic) bond motifs is 6. The Kier molecular flexibility index (Phi) is 7.90. The molecule has 0 unspecified atom stereocenters. The Morgan fingerprint density at radius 3 is 0.857 bits per heavy atom. The minimum atomic E-state index is 0.984. The Morgan fingerprint density at radius 1 is 0.268 bits per heavy atom. The van der Waals surface area contributed by atoms with Crippen molar-refractivity contribution in [2.75, 3.05) is 0 Å². The van der Waals surface area contributed by atoms with Crippen molar-refractivity contribution in [3.63, 3.8) is 0 Å². The molecule has 0 N–H and O–H groups in total. The maximum Gasteiger partial charge on any atom is 0.0708 e. The second kappa shape index (κ2) is 13.5. The molecule has 0 amide bonds. The normalized spacial score (nSPS) is 11.6. The highest BCUT2D eigenvalue weighted by Crippen LogP contribution is 2.44. The Bertz CT molecular complexity index is 3030. The number of hydrogen-bond donors (Lipinski definition) is 0. The fourth-order valence-corrected chi connectivity index (χ4v) is 10.3. The number of aromatic nitrogens is 2. The first kappa shape index (κ1) is 32.7.